The molecule has 1 aromatic rings. The summed E-state index contributed by atoms with van der Waals surface area (Å²) >= 11 is 3.30. The Morgan fingerprint density at radius 2 is 2.47 bits per heavy atom. The Kier molecular flexibility index (Phi) is 2.88. The number of nitrogens with zero attached hydrogens (tertiary/aromatic N) is 1. The molecule has 1 amide bonds. The second kappa shape index (κ2) is 4.16. The molecule has 0 radical (unpaired) electrons. The maximum atomic E-state index is 11.5. The number of rotatable bonds is 1. The summed E-state index contributed by atoms with van der Waals surface area (Å²) in [7, 11) is 0. The minimum atomic E-state index is -0.432. The van der Waals surface area contributed by atoms with Gasteiger partial charge in [0.05, 0.1) is 18.2 Å². The molecule has 0 saturated carbocycles. The van der Waals surface area contributed by atoms with Crippen LogP contribution in [0.3, 0.4) is 0 Å². The number of nitrogens with one attached hydrogen (secondary N) is 2. The van der Waals surface area contributed by atoms with Gasteiger partial charge in [0.25, 0.3) is 0 Å². The van der Waals surface area contributed by atoms with Crippen molar-refractivity contribution < 1.29 is 9.90 Å². The van der Waals surface area contributed by atoms with E-state index in [-0.39, 0.29) is 12.5 Å². The topological polar surface area (TPSA) is 74.2 Å². The van der Waals surface area contributed by atoms with Crippen LogP contribution in [0.5, 0.6) is 0 Å². The van der Waals surface area contributed by atoms with Crippen LogP contribution in [0.4, 0.5) is 11.5 Å². The van der Waals surface area contributed by atoms with Crippen LogP contribution in [0.1, 0.15) is 0 Å². The first-order valence-corrected chi connectivity index (χ1v) is 5.31. The van der Waals surface area contributed by atoms with Crippen molar-refractivity contribution in [2.75, 3.05) is 23.8 Å². The number of halogens is 1. The first kappa shape index (κ1) is 10.4. The Morgan fingerprint density at radius 3 is 3.20 bits per heavy atom. The van der Waals surface area contributed by atoms with Gasteiger partial charge in [-0.15, -0.1) is 0 Å². The van der Waals surface area contributed by atoms with Gasteiger partial charge in [-0.1, -0.05) is 0 Å². The van der Waals surface area contributed by atoms with E-state index in [2.05, 4.69) is 31.5 Å². The summed E-state index contributed by atoms with van der Waals surface area (Å²) in [6.45, 7) is 0.238. The SMILES string of the molecule is O=C1Nc2ncc(Br)cc2NCC1CO. The van der Waals surface area contributed by atoms with E-state index >= 15 is 0 Å². The van der Waals surface area contributed by atoms with E-state index < -0.39 is 5.92 Å². The Balaban J connectivity index is 2.31. The fraction of sp³-hybridized carbons (Fsp3) is 0.333. The molecule has 15 heavy (non-hydrogen) atoms. The first-order chi connectivity index (χ1) is 7.20. The molecule has 1 aromatic heterocycles. The van der Waals surface area contributed by atoms with Gasteiger partial charge >= 0.3 is 0 Å². The number of carbonyl (C=O) groups excluding carboxylic acids is 1. The van der Waals surface area contributed by atoms with Crippen molar-refractivity contribution >= 4 is 33.3 Å². The predicted octanol–water partition coefficient (Wildman–Crippen LogP) is 0.817. The van der Waals surface area contributed by atoms with Gasteiger partial charge in [0, 0.05) is 17.2 Å². The number of aromatic nitrogens is 1. The highest BCUT2D eigenvalue weighted by Crippen LogP contribution is 2.25. The van der Waals surface area contributed by atoms with Gasteiger partial charge in [-0.25, -0.2) is 4.98 Å². The van der Waals surface area contributed by atoms with Crippen molar-refractivity contribution in [3.8, 4) is 0 Å². The van der Waals surface area contributed by atoms with Crippen molar-refractivity contribution in [2.45, 2.75) is 0 Å². The summed E-state index contributed by atoms with van der Waals surface area (Å²) < 4.78 is 0.838. The van der Waals surface area contributed by atoms with Crippen LogP contribution < -0.4 is 10.6 Å². The molecule has 3 N–H and O–H groups in total. The molecule has 1 aliphatic heterocycles. The number of amides is 1. The van der Waals surface area contributed by atoms with Crippen LogP contribution in [0.15, 0.2) is 16.7 Å². The quantitative estimate of drug-likeness (QED) is 0.707. The Labute approximate surface area is 95.0 Å². The molecule has 0 aromatic carbocycles. The summed E-state index contributed by atoms with van der Waals surface area (Å²) in [6.07, 6.45) is 1.61. The highest BCUT2D eigenvalue weighted by atomic mass is 79.9. The molecule has 0 bridgehead atoms. The third-order valence-corrected chi connectivity index (χ3v) is 2.66. The molecule has 5 nitrogen and oxygen atoms in total. The number of anilines is 2. The average Bonchev–Trinajstić information content (AvgIpc) is 2.36. The number of aliphatic hydroxyl groups is 1. The zero-order valence-corrected chi connectivity index (χ0v) is 9.41. The van der Waals surface area contributed by atoms with Gasteiger partial charge in [-0.2, -0.15) is 0 Å². The van der Waals surface area contributed by atoms with E-state index in [0.717, 1.165) is 10.2 Å². The van der Waals surface area contributed by atoms with Crippen LogP contribution in [0.2, 0.25) is 0 Å². The Bertz CT molecular complexity index is 397. The lowest BCUT2D eigenvalue weighted by Crippen LogP contribution is -2.28. The molecular weight excluding hydrogens is 262 g/mol. The third-order valence-electron chi connectivity index (χ3n) is 2.23. The van der Waals surface area contributed by atoms with Crippen molar-refractivity contribution in [3.63, 3.8) is 0 Å². The lowest BCUT2D eigenvalue weighted by Gasteiger charge is -2.08. The maximum absolute atomic E-state index is 11.5. The van der Waals surface area contributed by atoms with Crippen molar-refractivity contribution in [3.05, 3.63) is 16.7 Å². The van der Waals surface area contributed by atoms with Crippen LogP contribution in [-0.2, 0) is 4.79 Å². The predicted molar refractivity (Wildman–Crippen MR) is 59.6 cm³/mol. The molecule has 0 spiro atoms. The summed E-state index contributed by atoms with van der Waals surface area (Å²) in [5.74, 6) is -0.143. The number of hydrogen-bond acceptors (Lipinski definition) is 4. The second-order valence-electron chi connectivity index (χ2n) is 3.30. The van der Waals surface area contributed by atoms with Crippen LogP contribution in [0.25, 0.3) is 0 Å². The molecule has 2 rings (SSSR count). The number of aliphatic hydroxyl groups excluding tert-OH is 1. The van der Waals surface area contributed by atoms with Gasteiger partial charge in [-0.3, -0.25) is 4.79 Å². The van der Waals surface area contributed by atoms with Crippen molar-refractivity contribution in [2.24, 2.45) is 5.92 Å². The molecule has 6 heteroatoms. The maximum Gasteiger partial charge on any atom is 0.232 e. The highest BCUT2D eigenvalue weighted by Gasteiger charge is 2.23. The Hall–Kier alpha value is -1.14. The molecule has 2 heterocycles. The number of fused-ring (bicyclic) bond motifs is 1. The summed E-state index contributed by atoms with van der Waals surface area (Å²) in [5.41, 5.74) is 0.758. The molecule has 0 aliphatic carbocycles. The summed E-state index contributed by atoms with van der Waals surface area (Å²) in [4.78, 5) is 15.6. The second-order valence-corrected chi connectivity index (χ2v) is 4.22. The molecule has 0 saturated heterocycles. The fourth-order valence-corrected chi connectivity index (χ4v) is 1.70. The van der Waals surface area contributed by atoms with Crippen molar-refractivity contribution in [1.82, 2.24) is 4.98 Å². The normalized spacial score (nSPS) is 19.9. The largest absolute Gasteiger partial charge is 0.395 e. The number of carbonyl (C=O) groups is 1. The van der Waals surface area contributed by atoms with Crippen LogP contribution in [0, 0.1) is 5.92 Å². The molecule has 0 fully saturated rings. The Morgan fingerprint density at radius 1 is 1.67 bits per heavy atom. The molecule has 1 aliphatic rings. The number of pyridine rings is 1. The summed E-state index contributed by atoms with van der Waals surface area (Å²) in [5, 5.41) is 14.7. The van der Waals surface area contributed by atoms with Gasteiger partial charge in [0.1, 0.15) is 0 Å². The third kappa shape index (κ3) is 2.10. The zero-order valence-electron chi connectivity index (χ0n) is 7.83. The minimum Gasteiger partial charge on any atom is -0.395 e. The molecule has 1 unspecified atom stereocenters. The lowest BCUT2D eigenvalue weighted by molar-refractivity contribution is -0.120. The highest BCUT2D eigenvalue weighted by molar-refractivity contribution is 9.10. The molecule has 1 atom stereocenters. The zero-order chi connectivity index (χ0) is 10.8. The molecular formula is C9H10BrN3O2. The number of hydrogen-bond donors (Lipinski definition) is 3. The van der Waals surface area contributed by atoms with Crippen LogP contribution in [-0.4, -0.2) is 29.1 Å². The first-order valence-electron chi connectivity index (χ1n) is 4.52. The van der Waals surface area contributed by atoms with Gasteiger partial charge in [0.2, 0.25) is 5.91 Å². The minimum absolute atomic E-state index is 0.173. The van der Waals surface area contributed by atoms with Crippen molar-refractivity contribution in [1.29, 1.82) is 0 Å². The van der Waals surface area contributed by atoms with Crippen LogP contribution >= 0.6 is 15.9 Å². The van der Waals surface area contributed by atoms with Gasteiger partial charge in [0.15, 0.2) is 5.82 Å². The van der Waals surface area contributed by atoms with E-state index in [1.807, 2.05) is 6.07 Å². The molecule has 80 valence electrons. The lowest BCUT2D eigenvalue weighted by atomic mass is 10.1. The summed E-state index contributed by atoms with van der Waals surface area (Å²) in [6, 6.07) is 1.84. The van der Waals surface area contributed by atoms with Gasteiger partial charge in [-0.05, 0) is 22.0 Å². The standard InChI is InChI=1S/C9H10BrN3O2/c10-6-1-7-8(12-3-6)13-9(15)5(4-14)2-11-7/h1,3,5,11,14H,2,4H2,(H,12,13,15). The van der Waals surface area contributed by atoms with E-state index in [4.69, 9.17) is 5.11 Å². The smallest absolute Gasteiger partial charge is 0.232 e. The average molecular weight is 272 g/mol. The monoisotopic (exact) mass is 271 g/mol. The van der Waals surface area contributed by atoms with E-state index in [9.17, 15) is 4.79 Å². The fourth-order valence-electron chi connectivity index (χ4n) is 1.37. The van der Waals surface area contributed by atoms with E-state index in [1.165, 1.54) is 0 Å². The van der Waals surface area contributed by atoms with Gasteiger partial charge < -0.3 is 15.7 Å². The van der Waals surface area contributed by atoms with E-state index in [0.29, 0.717) is 12.4 Å². The van der Waals surface area contributed by atoms with E-state index in [1.54, 1.807) is 6.20 Å².